The lowest BCUT2D eigenvalue weighted by molar-refractivity contribution is 0.251. The SMILES string of the molecule is N#Cc1cccc(NC(=O)NCC2CC2)c1F. The van der Waals surface area contributed by atoms with Gasteiger partial charge in [-0.25, -0.2) is 9.18 Å². The van der Waals surface area contributed by atoms with Crippen LogP contribution in [0.2, 0.25) is 0 Å². The van der Waals surface area contributed by atoms with Crippen molar-refractivity contribution in [3.8, 4) is 6.07 Å². The third-order valence-corrected chi connectivity index (χ3v) is 2.62. The van der Waals surface area contributed by atoms with E-state index in [-0.39, 0.29) is 11.3 Å². The molecule has 4 nitrogen and oxygen atoms in total. The van der Waals surface area contributed by atoms with Crippen molar-refractivity contribution in [1.29, 1.82) is 5.26 Å². The van der Waals surface area contributed by atoms with Gasteiger partial charge in [0.15, 0.2) is 5.82 Å². The number of carbonyl (C=O) groups is 1. The van der Waals surface area contributed by atoms with E-state index < -0.39 is 11.8 Å². The highest BCUT2D eigenvalue weighted by Crippen LogP contribution is 2.27. The number of nitrogens with one attached hydrogen (secondary N) is 2. The number of urea groups is 1. The Morgan fingerprint density at radius 1 is 1.53 bits per heavy atom. The van der Waals surface area contributed by atoms with Gasteiger partial charge in [0.05, 0.1) is 11.3 Å². The number of hydrogen-bond acceptors (Lipinski definition) is 2. The van der Waals surface area contributed by atoms with Gasteiger partial charge in [-0.05, 0) is 30.9 Å². The molecule has 0 aromatic heterocycles. The number of halogens is 1. The van der Waals surface area contributed by atoms with E-state index in [0.717, 1.165) is 12.8 Å². The summed E-state index contributed by atoms with van der Waals surface area (Å²) in [6, 6.07) is 5.60. The molecule has 1 aliphatic rings. The van der Waals surface area contributed by atoms with Gasteiger partial charge in [-0.2, -0.15) is 5.26 Å². The summed E-state index contributed by atoms with van der Waals surface area (Å²) >= 11 is 0. The normalized spacial score (nSPS) is 13.9. The van der Waals surface area contributed by atoms with Crippen LogP contribution in [0.5, 0.6) is 0 Å². The first-order valence-electron chi connectivity index (χ1n) is 5.44. The molecule has 0 unspecified atom stereocenters. The Hall–Kier alpha value is -2.09. The number of carbonyl (C=O) groups excluding carboxylic acids is 1. The summed E-state index contributed by atoms with van der Waals surface area (Å²) in [4.78, 5) is 11.4. The van der Waals surface area contributed by atoms with Crippen molar-refractivity contribution in [2.45, 2.75) is 12.8 Å². The van der Waals surface area contributed by atoms with Crippen molar-refractivity contribution in [2.75, 3.05) is 11.9 Å². The minimum absolute atomic E-state index is 0.0253. The Morgan fingerprint density at radius 3 is 2.94 bits per heavy atom. The summed E-state index contributed by atoms with van der Waals surface area (Å²) in [5.41, 5.74) is -0.0534. The van der Waals surface area contributed by atoms with E-state index in [4.69, 9.17) is 5.26 Å². The fraction of sp³-hybridized carbons (Fsp3) is 0.333. The molecule has 88 valence electrons. The van der Waals surface area contributed by atoms with Gasteiger partial charge in [0.1, 0.15) is 6.07 Å². The summed E-state index contributed by atoms with van der Waals surface area (Å²) in [7, 11) is 0. The minimum atomic E-state index is -0.698. The van der Waals surface area contributed by atoms with Crippen molar-refractivity contribution in [3.05, 3.63) is 29.6 Å². The summed E-state index contributed by atoms with van der Waals surface area (Å²) < 4.78 is 13.6. The Bertz CT molecular complexity index is 477. The van der Waals surface area contributed by atoms with Gasteiger partial charge in [-0.3, -0.25) is 0 Å². The third-order valence-electron chi connectivity index (χ3n) is 2.62. The van der Waals surface area contributed by atoms with E-state index >= 15 is 0 Å². The molecule has 17 heavy (non-hydrogen) atoms. The highest BCUT2D eigenvalue weighted by Gasteiger charge is 2.21. The fourth-order valence-corrected chi connectivity index (χ4v) is 1.44. The molecular weight excluding hydrogens is 221 g/mol. The predicted octanol–water partition coefficient (Wildman–Crippen LogP) is 2.23. The van der Waals surface area contributed by atoms with E-state index in [9.17, 15) is 9.18 Å². The molecule has 1 saturated carbocycles. The third kappa shape index (κ3) is 2.94. The molecule has 0 aliphatic heterocycles. The minimum Gasteiger partial charge on any atom is -0.338 e. The molecule has 0 bridgehead atoms. The van der Waals surface area contributed by atoms with Gasteiger partial charge in [-0.15, -0.1) is 0 Å². The van der Waals surface area contributed by atoms with Crippen LogP contribution >= 0.6 is 0 Å². The topological polar surface area (TPSA) is 64.9 Å². The van der Waals surface area contributed by atoms with Crippen molar-refractivity contribution >= 4 is 11.7 Å². The molecule has 0 radical (unpaired) electrons. The average Bonchev–Trinajstić information content (AvgIpc) is 3.13. The van der Waals surface area contributed by atoms with E-state index in [1.165, 1.54) is 18.2 Å². The summed E-state index contributed by atoms with van der Waals surface area (Å²) in [5.74, 6) is -0.132. The lowest BCUT2D eigenvalue weighted by atomic mass is 10.2. The van der Waals surface area contributed by atoms with Gasteiger partial charge in [0.25, 0.3) is 0 Å². The molecule has 1 aromatic rings. The first kappa shape index (κ1) is 11.4. The molecule has 0 saturated heterocycles. The maximum atomic E-state index is 13.6. The van der Waals surface area contributed by atoms with E-state index in [1.807, 2.05) is 0 Å². The van der Waals surface area contributed by atoms with E-state index in [2.05, 4.69) is 10.6 Å². The van der Waals surface area contributed by atoms with Crippen molar-refractivity contribution in [3.63, 3.8) is 0 Å². The maximum Gasteiger partial charge on any atom is 0.319 e. The van der Waals surface area contributed by atoms with Gasteiger partial charge in [0, 0.05) is 6.54 Å². The van der Waals surface area contributed by atoms with Crippen LogP contribution < -0.4 is 10.6 Å². The molecule has 2 rings (SSSR count). The number of rotatable bonds is 3. The number of amides is 2. The van der Waals surface area contributed by atoms with Gasteiger partial charge in [-0.1, -0.05) is 6.07 Å². The van der Waals surface area contributed by atoms with Crippen LogP contribution in [0.15, 0.2) is 18.2 Å². The van der Waals surface area contributed by atoms with Crippen LogP contribution in [0.1, 0.15) is 18.4 Å². The molecule has 2 amide bonds. The Labute approximate surface area is 98.4 Å². The Kier molecular flexibility index (Phi) is 3.24. The van der Waals surface area contributed by atoms with Crippen LogP contribution in [0.25, 0.3) is 0 Å². The molecule has 1 aromatic carbocycles. The second kappa shape index (κ2) is 4.83. The monoisotopic (exact) mass is 233 g/mol. The second-order valence-electron chi connectivity index (χ2n) is 4.06. The van der Waals surface area contributed by atoms with Crippen LogP contribution in [-0.2, 0) is 0 Å². The van der Waals surface area contributed by atoms with Crippen LogP contribution in [0.3, 0.4) is 0 Å². The van der Waals surface area contributed by atoms with Crippen LogP contribution in [0.4, 0.5) is 14.9 Å². The van der Waals surface area contributed by atoms with Gasteiger partial charge >= 0.3 is 6.03 Å². The van der Waals surface area contributed by atoms with Crippen LogP contribution in [-0.4, -0.2) is 12.6 Å². The summed E-state index contributed by atoms with van der Waals surface area (Å²) in [6.45, 7) is 0.616. The lowest BCUT2D eigenvalue weighted by Gasteiger charge is -2.08. The number of nitriles is 1. The first-order valence-corrected chi connectivity index (χ1v) is 5.44. The zero-order chi connectivity index (χ0) is 12.3. The van der Waals surface area contributed by atoms with Crippen LogP contribution in [0, 0.1) is 23.1 Å². The summed E-state index contributed by atoms with van der Waals surface area (Å²) in [5, 5.41) is 13.7. The highest BCUT2D eigenvalue weighted by molar-refractivity contribution is 5.89. The maximum absolute atomic E-state index is 13.6. The zero-order valence-electron chi connectivity index (χ0n) is 9.16. The molecule has 1 fully saturated rings. The number of hydrogen-bond donors (Lipinski definition) is 2. The molecule has 5 heteroatoms. The molecular formula is C12H12FN3O. The molecule has 2 N–H and O–H groups in total. The predicted molar refractivity (Wildman–Crippen MR) is 60.9 cm³/mol. The Balaban J connectivity index is 1.97. The average molecular weight is 233 g/mol. The fourth-order valence-electron chi connectivity index (χ4n) is 1.44. The number of anilines is 1. The quantitative estimate of drug-likeness (QED) is 0.840. The lowest BCUT2D eigenvalue weighted by Crippen LogP contribution is -2.30. The van der Waals surface area contributed by atoms with Crippen molar-refractivity contribution in [1.82, 2.24) is 5.32 Å². The molecule has 0 spiro atoms. The molecule has 0 atom stereocenters. The largest absolute Gasteiger partial charge is 0.338 e. The standard InChI is InChI=1S/C12H12FN3O/c13-11-9(6-14)2-1-3-10(11)16-12(17)15-7-8-4-5-8/h1-3,8H,4-5,7H2,(H2,15,16,17). The van der Waals surface area contributed by atoms with E-state index in [1.54, 1.807) is 6.07 Å². The zero-order valence-corrected chi connectivity index (χ0v) is 9.16. The first-order chi connectivity index (χ1) is 8.20. The van der Waals surface area contributed by atoms with Crippen molar-refractivity contribution in [2.24, 2.45) is 5.92 Å². The van der Waals surface area contributed by atoms with E-state index in [0.29, 0.717) is 12.5 Å². The smallest absolute Gasteiger partial charge is 0.319 e. The molecule has 1 aliphatic carbocycles. The Morgan fingerprint density at radius 2 is 2.29 bits per heavy atom. The van der Waals surface area contributed by atoms with Gasteiger partial charge < -0.3 is 10.6 Å². The van der Waals surface area contributed by atoms with Gasteiger partial charge in [0.2, 0.25) is 0 Å². The number of benzene rings is 1. The summed E-state index contributed by atoms with van der Waals surface area (Å²) in [6.07, 6.45) is 2.27. The van der Waals surface area contributed by atoms with Crippen molar-refractivity contribution < 1.29 is 9.18 Å². The molecule has 0 heterocycles. The second-order valence-corrected chi connectivity index (χ2v) is 4.06. The highest BCUT2D eigenvalue weighted by atomic mass is 19.1. The number of nitrogens with zero attached hydrogens (tertiary/aromatic N) is 1.